The Labute approximate surface area is 175 Å². The summed E-state index contributed by atoms with van der Waals surface area (Å²) in [7, 11) is 0. The van der Waals surface area contributed by atoms with Gasteiger partial charge < -0.3 is 10.2 Å². The number of hydrogen-bond acceptors (Lipinski definition) is 6. The Hall–Kier alpha value is -2.35. The second kappa shape index (κ2) is 8.57. The quantitative estimate of drug-likeness (QED) is 0.550. The summed E-state index contributed by atoms with van der Waals surface area (Å²) in [5.74, 6) is 1.84. The van der Waals surface area contributed by atoms with Gasteiger partial charge in [0.25, 0.3) is 0 Å². The molecule has 29 heavy (non-hydrogen) atoms. The second-order valence-electron chi connectivity index (χ2n) is 8.03. The maximum absolute atomic E-state index is 12.4. The standard InChI is InChI=1S/C21H27N5O2S/c1-14-8-10-25(11-9-14)20-23-24-21(26(20)18-6-7-18)29-13-19(28)22-17-5-3-4-16(12-17)15(2)27/h3-5,12,14,18H,6-11,13H2,1-2H3,(H,22,28). The maximum Gasteiger partial charge on any atom is 0.234 e. The van der Waals surface area contributed by atoms with Crippen LogP contribution in [0.25, 0.3) is 0 Å². The average Bonchev–Trinajstić information content (AvgIpc) is 3.46. The van der Waals surface area contributed by atoms with Gasteiger partial charge in [0.2, 0.25) is 11.9 Å². The third-order valence-electron chi connectivity index (χ3n) is 5.51. The van der Waals surface area contributed by atoms with Crippen LogP contribution in [0.1, 0.15) is 55.9 Å². The number of thioether (sulfide) groups is 1. The average molecular weight is 414 g/mol. The van der Waals surface area contributed by atoms with E-state index in [1.807, 2.05) is 0 Å². The van der Waals surface area contributed by atoms with E-state index in [0.29, 0.717) is 17.3 Å². The first kappa shape index (κ1) is 19.9. The molecule has 1 aliphatic carbocycles. The summed E-state index contributed by atoms with van der Waals surface area (Å²) in [6, 6.07) is 7.46. The van der Waals surface area contributed by atoms with Gasteiger partial charge in [-0.2, -0.15) is 0 Å². The number of carbonyl (C=O) groups is 2. The molecule has 7 nitrogen and oxygen atoms in total. The Kier molecular flexibility index (Phi) is 5.89. The molecular formula is C21H27N5O2S. The lowest BCUT2D eigenvalue weighted by atomic mass is 10.00. The fourth-order valence-electron chi connectivity index (χ4n) is 3.59. The molecule has 0 unspecified atom stereocenters. The Morgan fingerprint density at radius 3 is 2.62 bits per heavy atom. The molecule has 0 bridgehead atoms. The molecule has 0 spiro atoms. The molecule has 0 radical (unpaired) electrons. The van der Waals surface area contributed by atoms with Crippen molar-refractivity contribution < 1.29 is 9.59 Å². The maximum atomic E-state index is 12.4. The number of rotatable bonds is 7. The number of piperidine rings is 1. The Balaban J connectivity index is 1.40. The topological polar surface area (TPSA) is 80.1 Å². The Morgan fingerprint density at radius 1 is 1.17 bits per heavy atom. The molecule has 1 N–H and O–H groups in total. The van der Waals surface area contributed by atoms with Crippen LogP contribution in [0.5, 0.6) is 0 Å². The first-order valence-corrected chi connectivity index (χ1v) is 11.2. The molecule has 4 rings (SSSR count). The number of nitrogens with zero attached hydrogens (tertiary/aromatic N) is 4. The molecule has 0 atom stereocenters. The zero-order chi connectivity index (χ0) is 20.4. The number of amides is 1. The number of anilines is 2. The van der Waals surface area contributed by atoms with Crippen LogP contribution in [-0.4, -0.2) is 45.3 Å². The van der Waals surface area contributed by atoms with Crippen LogP contribution in [0.2, 0.25) is 0 Å². The highest BCUT2D eigenvalue weighted by atomic mass is 32.2. The summed E-state index contributed by atoms with van der Waals surface area (Å²) in [4.78, 5) is 26.3. The second-order valence-corrected chi connectivity index (χ2v) is 8.97. The van der Waals surface area contributed by atoms with E-state index in [9.17, 15) is 9.59 Å². The highest BCUT2D eigenvalue weighted by molar-refractivity contribution is 7.99. The van der Waals surface area contributed by atoms with Gasteiger partial charge in [-0.05, 0) is 50.7 Å². The van der Waals surface area contributed by atoms with Crippen molar-refractivity contribution in [1.29, 1.82) is 0 Å². The van der Waals surface area contributed by atoms with Crippen LogP contribution in [0.3, 0.4) is 0 Å². The van der Waals surface area contributed by atoms with Gasteiger partial charge in [-0.1, -0.05) is 30.8 Å². The Bertz CT molecular complexity index is 900. The molecule has 2 fully saturated rings. The number of Topliss-reactive ketones (excluding diaryl/α,β-unsaturated/α-hetero) is 1. The van der Waals surface area contributed by atoms with Crippen molar-refractivity contribution in [2.75, 3.05) is 29.1 Å². The molecule has 1 amide bonds. The molecule has 1 saturated heterocycles. The van der Waals surface area contributed by atoms with Crippen LogP contribution in [0.4, 0.5) is 11.6 Å². The van der Waals surface area contributed by atoms with Crippen molar-refractivity contribution in [1.82, 2.24) is 14.8 Å². The van der Waals surface area contributed by atoms with Crippen molar-refractivity contribution in [3.05, 3.63) is 29.8 Å². The molecular weight excluding hydrogens is 386 g/mol. The van der Waals surface area contributed by atoms with E-state index in [1.165, 1.54) is 31.5 Å². The molecule has 1 saturated carbocycles. The minimum absolute atomic E-state index is 0.0207. The van der Waals surface area contributed by atoms with E-state index in [0.717, 1.165) is 43.0 Å². The van der Waals surface area contributed by atoms with Gasteiger partial charge in [0.05, 0.1) is 5.75 Å². The molecule has 2 aromatic rings. The third kappa shape index (κ3) is 4.80. The van der Waals surface area contributed by atoms with Gasteiger partial charge in [0, 0.05) is 30.4 Å². The number of nitrogens with one attached hydrogen (secondary N) is 1. The summed E-state index contributed by atoms with van der Waals surface area (Å²) in [6.45, 7) is 5.85. The van der Waals surface area contributed by atoms with Crippen molar-refractivity contribution in [3.8, 4) is 0 Å². The molecule has 1 aromatic carbocycles. The summed E-state index contributed by atoms with van der Waals surface area (Å²) in [6.07, 6.45) is 4.66. The van der Waals surface area contributed by atoms with Gasteiger partial charge in [-0.3, -0.25) is 14.2 Å². The number of carbonyl (C=O) groups excluding carboxylic acids is 2. The summed E-state index contributed by atoms with van der Waals surface area (Å²) in [5.41, 5.74) is 1.22. The van der Waals surface area contributed by atoms with E-state index in [1.54, 1.807) is 24.3 Å². The van der Waals surface area contributed by atoms with Crippen molar-refractivity contribution in [2.45, 2.75) is 50.7 Å². The normalized spacial score (nSPS) is 17.4. The highest BCUT2D eigenvalue weighted by Gasteiger charge is 2.32. The SMILES string of the molecule is CC(=O)c1cccc(NC(=O)CSc2nnc(N3CCC(C)CC3)n2C2CC2)c1. The van der Waals surface area contributed by atoms with E-state index < -0.39 is 0 Å². The fourth-order valence-corrected chi connectivity index (χ4v) is 4.39. The lowest BCUT2D eigenvalue weighted by Crippen LogP contribution is -2.34. The van der Waals surface area contributed by atoms with Crippen LogP contribution in [-0.2, 0) is 4.79 Å². The third-order valence-corrected chi connectivity index (χ3v) is 6.45. The van der Waals surface area contributed by atoms with Gasteiger partial charge in [-0.15, -0.1) is 10.2 Å². The predicted octanol–water partition coefficient (Wildman–Crippen LogP) is 3.78. The van der Waals surface area contributed by atoms with Crippen molar-refractivity contribution in [2.24, 2.45) is 5.92 Å². The zero-order valence-electron chi connectivity index (χ0n) is 16.9. The summed E-state index contributed by atoms with van der Waals surface area (Å²) < 4.78 is 2.23. The minimum atomic E-state index is -0.116. The molecule has 2 heterocycles. The predicted molar refractivity (Wildman–Crippen MR) is 115 cm³/mol. The fraction of sp³-hybridized carbons (Fsp3) is 0.524. The number of ketones is 1. The van der Waals surface area contributed by atoms with E-state index in [-0.39, 0.29) is 17.4 Å². The Morgan fingerprint density at radius 2 is 1.93 bits per heavy atom. The molecule has 1 aromatic heterocycles. The lowest BCUT2D eigenvalue weighted by Gasteiger charge is -2.31. The van der Waals surface area contributed by atoms with Crippen LogP contribution in [0, 0.1) is 5.92 Å². The first-order chi connectivity index (χ1) is 14.0. The largest absolute Gasteiger partial charge is 0.341 e. The van der Waals surface area contributed by atoms with Gasteiger partial charge in [0.15, 0.2) is 10.9 Å². The number of aromatic nitrogens is 3. The summed E-state index contributed by atoms with van der Waals surface area (Å²) in [5, 5.41) is 12.5. The van der Waals surface area contributed by atoms with Gasteiger partial charge in [-0.25, -0.2) is 0 Å². The van der Waals surface area contributed by atoms with Crippen LogP contribution in [0.15, 0.2) is 29.4 Å². The van der Waals surface area contributed by atoms with Crippen LogP contribution < -0.4 is 10.2 Å². The first-order valence-electron chi connectivity index (χ1n) is 10.2. The zero-order valence-corrected chi connectivity index (χ0v) is 17.7. The molecule has 8 heteroatoms. The van der Waals surface area contributed by atoms with Crippen LogP contribution >= 0.6 is 11.8 Å². The highest BCUT2D eigenvalue weighted by Crippen LogP contribution is 2.41. The molecule has 1 aliphatic heterocycles. The smallest absolute Gasteiger partial charge is 0.234 e. The number of benzene rings is 1. The minimum Gasteiger partial charge on any atom is -0.341 e. The van der Waals surface area contributed by atoms with E-state index in [4.69, 9.17) is 0 Å². The van der Waals surface area contributed by atoms with E-state index in [2.05, 4.69) is 31.9 Å². The number of hydrogen-bond donors (Lipinski definition) is 1. The van der Waals surface area contributed by atoms with E-state index >= 15 is 0 Å². The van der Waals surface area contributed by atoms with Crippen molar-refractivity contribution >= 4 is 35.1 Å². The van der Waals surface area contributed by atoms with Crippen molar-refractivity contribution in [3.63, 3.8) is 0 Å². The lowest BCUT2D eigenvalue weighted by molar-refractivity contribution is -0.113. The molecule has 2 aliphatic rings. The monoisotopic (exact) mass is 413 g/mol. The molecule has 154 valence electrons. The summed E-state index contributed by atoms with van der Waals surface area (Å²) >= 11 is 1.42. The van der Waals surface area contributed by atoms with Gasteiger partial charge in [0.1, 0.15) is 0 Å². The van der Waals surface area contributed by atoms with Gasteiger partial charge >= 0.3 is 0 Å².